The van der Waals surface area contributed by atoms with E-state index in [0.29, 0.717) is 0 Å². The van der Waals surface area contributed by atoms with Crippen LogP contribution >= 0.6 is 0 Å². The third-order valence-corrected chi connectivity index (χ3v) is 2.19. The molecular weight excluding hydrogens is 206 g/mol. The molecule has 2 heterocycles. The van der Waals surface area contributed by atoms with Gasteiger partial charge in [-0.2, -0.15) is 0 Å². The van der Waals surface area contributed by atoms with Crippen molar-refractivity contribution in [3.8, 4) is 0 Å². The van der Waals surface area contributed by atoms with E-state index in [1.54, 1.807) is 0 Å². The molecule has 0 aliphatic heterocycles. The van der Waals surface area contributed by atoms with E-state index in [9.17, 15) is 4.79 Å². The first-order chi connectivity index (χ1) is 7.79. The average molecular weight is 219 g/mol. The van der Waals surface area contributed by atoms with Crippen molar-refractivity contribution in [2.45, 2.75) is 6.42 Å². The van der Waals surface area contributed by atoms with Crippen molar-refractivity contribution in [3.05, 3.63) is 36.3 Å². The van der Waals surface area contributed by atoms with Gasteiger partial charge in [0.05, 0.1) is 18.7 Å². The number of pyridine rings is 1. The van der Waals surface area contributed by atoms with Gasteiger partial charge in [-0.05, 0) is 12.1 Å². The summed E-state index contributed by atoms with van der Waals surface area (Å²) in [6.07, 6.45) is 3.95. The fourth-order valence-corrected chi connectivity index (χ4v) is 1.49. The van der Waals surface area contributed by atoms with Gasteiger partial charge in [0.25, 0.3) is 0 Å². The van der Waals surface area contributed by atoms with Crippen LogP contribution in [0, 0.1) is 0 Å². The summed E-state index contributed by atoms with van der Waals surface area (Å²) in [7, 11) is 0. The van der Waals surface area contributed by atoms with Crippen molar-refractivity contribution in [1.82, 2.24) is 14.7 Å². The van der Waals surface area contributed by atoms with Gasteiger partial charge in [-0.25, -0.2) is 4.98 Å². The Morgan fingerprint density at radius 3 is 3.12 bits per heavy atom. The highest BCUT2D eigenvalue weighted by atomic mass is 16.3. The zero-order chi connectivity index (χ0) is 11.4. The molecule has 0 spiro atoms. The molecule has 1 amide bonds. The number of aliphatic hydroxyl groups is 1. The number of fused-ring (bicyclic) bond motifs is 1. The number of rotatable bonds is 4. The molecule has 0 atom stereocenters. The molecule has 2 rings (SSSR count). The molecule has 0 fully saturated rings. The number of carbonyl (C=O) groups is 1. The number of aliphatic hydroxyl groups excluding tert-OH is 1. The van der Waals surface area contributed by atoms with Gasteiger partial charge >= 0.3 is 0 Å². The van der Waals surface area contributed by atoms with Gasteiger partial charge in [-0.3, -0.25) is 4.79 Å². The Morgan fingerprint density at radius 2 is 2.38 bits per heavy atom. The molecule has 0 saturated carbocycles. The molecule has 5 heteroatoms. The first kappa shape index (κ1) is 10.6. The van der Waals surface area contributed by atoms with Crippen LogP contribution in [0.5, 0.6) is 0 Å². The van der Waals surface area contributed by atoms with E-state index in [0.717, 1.165) is 11.3 Å². The smallest absolute Gasteiger partial charge is 0.226 e. The van der Waals surface area contributed by atoms with Gasteiger partial charge in [0.2, 0.25) is 5.91 Å². The number of hydrogen-bond acceptors (Lipinski definition) is 3. The summed E-state index contributed by atoms with van der Waals surface area (Å²) in [6, 6.07) is 5.69. The normalized spacial score (nSPS) is 10.6. The Balaban J connectivity index is 2.07. The highest BCUT2D eigenvalue weighted by molar-refractivity contribution is 5.78. The topological polar surface area (TPSA) is 66.6 Å². The van der Waals surface area contributed by atoms with Crippen molar-refractivity contribution in [1.29, 1.82) is 0 Å². The standard InChI is InChI=1S/C11H13N3O2/c15-6-4-12-11(16)7-9-8-14-5-2-1-3-10(14)13-9/h1-3,5,8,15H,4,6-7H2,(H,12,16). The van der Waals surface area contributed by atoms with Crippen LogP contribution in [-0.2, 0) is 11.2 Å². The summed E-state index contributed by atoms with van der Waals surface area (Å²) < 4.78 is 1.87. The van der Waals surface area contributed by atoms with E-state index in [1.807, 2.05) is 35.0 Å². The monoisotopic (exact) mass is 219 g/mol. The predicted octanol–water partition coefficient (Wildman–Crippen LogP) is -0.0147. The molecule has 5 nitrogen and oxygen atoms in total. The molecule has 0 saturated heterocycles. The number of aromatic nitrogens is 2. The molecular formula is C11H13N3O2. The summed E-state index contributed by atoms with van der Waals surface area (Å²) in [5.74, 6) is -0.127. The predicted molar refractivity (Wildman–Crippen MR) is 59.0 cm³/mol. The fraction of sp³-hybridized carbons (Fsp3) is 0.273. The molecule has 0 radical (unpaired) electrons. The largest absolute Gasteiger partial charge is 0.395 e. The van der Waals surface area contributed by atoms with Crippen LogP contribution in [0.4, 0.5) is 0 Å². The van der Waals surface area contributed by atoms with E-state index in [4.69, 9.17) is 5.11 Å². The van der Waals surface area contributed by atoms with Crippen LogP contribution in [0.2, 0.25) is 0 Å². The van der Waals surface area contributed by atoms with E-state index < -0.39 is 0 Å². The summed E-state index contributed by atoms with van der Waals surface area (Å²) in [6.45, 7) is 0.239. The van der Waals surface area contributed by atoms with Crippen molar-refractivity contribution in [3.63, 3.8) is 0 Å². The Kier molecular flexibility index (Phi) is 3.16. The number of carbonyl (C=O) groups excluding carboxylic acids is 1. The maximum absolute atomic E-state index is 11.4. The number of nitrogens with one attached hydrogen (secondary N) is 1. The Labute approximate surface area is 92.7 Å². The summed E-state index contributed by atoms with van der Waals surface area (Å²) >= 11 is 0. The van der Waals surface area contributed by atoms with Gasteiger partial charge < -0.3 is 14.8 Å². The highest BCUT2D eigenvalue weighted by Crippen LogP contribution is 2.04. The van der Waals surface area contributed by atoms with Crippen LogP contribution in [0.1, 0.15) is 5.69 Å². The lowest BCUT2D eigenvalue weighted by Gasteiger charge is -1.99. The first-order valence-electron chi connectivity index (χ1n) is 5.10. The zero-order valence-electron chi connectivity index (χ0n) is 8.76. The van der Waals surface area contributed by atoms with Crippen molar-refractivity contribution < 1.29 is 9.90 Å². The lowest BCUT2D eigenvalue weighted by Crippen LogP contribution is -2.27. The number of hydrogen-bond donors (Lipinski definition) is 2. The minimum atomic E-state index is -0.127. The fourth-order valence-electron chi connectivity index (χ4n) is 1.49. The van der Waals surface area contributed by atoms with Crippen LogP contribution in [0.25, 0.3) is 5.65 Å². The molecule has 0 aliphatic rings. The number of amides is 1. The van der Waals surface area contributed by atoms with Gasteiger partial charge in [-0.15, -0.1) is 0 Å². The third-order valence-electron chi connectivity index (χ3n) is 2.19. The zero-order valence-corrected chi connectivity index (χ0v) is 8.76. The maximum Gasteiger partial charge on any atom is 0.226 e. The summed E-state index contributed by atoms with van der Waals surface area (Å²) in [5, 5.41) is 11.1. The van der Waals surface area contributed by atoms with Gasteiger partial charge in [-0.1, -0.05) is 6.07 Å². The second-order valence-electron chi connectivity index (χ2n) is 3.45. The third kappa shape index (κ3) is 2.38. The van der Waals surface area contributed by atoms with E-state index >= 15 is 0 Å². The summed E-state index contributed by atoms with van der Waals surface area (Å²) in [4.78, 5) is 15.7. The molecule has 0 bridgehead atoms. The highest BCUT2D eigenvalue weighted by Gasteiger charge is 2.06. The Hall–Kier alpha value is -1.88. The molecule has 0 aromatic carbocycles. The first-order valence-corrected chi connectivity index (χ1v) is 5.10. The minimum Gasteiger partial charge on any atom is -0.395 e. The van der Waals surface area contributed by atoms with Gasteiger partial charge in [0, 0.05) is 18.9 Å². The lowest BCUT2D eigenvalue weighted by atomic mass is 10.3. The van der Waals surface area contributed by atoms with Crippen LogP contribution in [-0.4, -0.2) is 33.6 Å². The molecule has 2 N–H and O–H groups in total. The van der Waals surface area contributed by atoms with E-state index in [-0.39, 0.29) is 25.5 Å². The Morgan fingerprint density at radius 1 is 1.50 bits per heavy atom. The molecule has 0 aliphatic carbocycles. The van der Waals surface area contributed by atoms with Crippen molar-refractivity contribution in [2.75, 3.05) is 13.2 Å². The van der Waals surface area contributed by atoms with Crippen molar-refractivity contribution >= 4 is 11.6 Å². The molecule has 0 unspecified atom stereocenters. The SMILES string of the molecule is O=C(Cc1cn2ccccc2n1)NCCO. The molecule has 16 heavy (non-hydrogen) atoms. The van der Waals surface area contributed by atoms with Crippen molar-refractivity contribution in [2.24, 2.45) is 0 Å². The van der Waals surface area contributed by atoms with Gasteiger partial charge in [0.1, 0.15) is 5.65 Å². The van der Waals surface area contributed by atoms with E-state index in [2.05, 4.69) is 10.3 Å². The summed E-state index contributed by atoms with van der Waals surface area (Å²) in [5.41, 5.74) is 1.55. The number of imidazole rings is 1. The quantitative estimate of drug-likeness (QED) is 0.759. The second-order valence-corrected chi connectivity index (χ2v) is 3.45. The lowest BCUT2D eigenvalue weighted by molar-refractivity contribution is -0.120. The Bertz CT molecular complexity index is 460. The minimum absolute atomic E-state index is 0.0447. The molecule has 84 valence electrons. The van der Waals surface area contributed by atoms with Gasteiger partial charge in [0.15, 0.2) is 0 Å². The number of nitrogens with zero attached hydrogens (tertiary/aromatic N) is 2. The van der Waals surface area contributed by atoms with E-state index in [1.165, 1.54) is 0 Å². The molecule has 2 aromatic heterocycles. The maximum atomic E-state index is 11.4. The molecule has 2 aromatic rings. The van der Waals surface area contributed by atoms with Crippen LogP contribution in [0.15, 0.2) is 30.6 Å². The average Bonchev–Trinajstić information content (AvgIpc) is 2.68. The second kappa shape index (κ2) is 4.76. The van der Waals surface area contributed by atoms with Crippen LogP contribution in [0.3, 0.4) is 0 Å². The van der Waals surface area contributed by atoms with Crippen LogP contribution < -0.4 is 5.32 Å².